The number of benzene rings is 2. The lowest BCUT2D eigenvalue weighted by molar-refractivity contribution is -0.139. The van der Waals surface area contributed by atoms with Crippen LogP contribution in [0.2, 0.25) is 0 Å². The third-order valence-corrected chi connectivity index (χ3v) is 6.66. The van der Waals surface area contributed by atoms with Crippen LogP contribution in [0, 0.1) is 11.6 Å². The molecule has 1 N–H and O–H groups in total. The molecule has 2 aromatic carbocycles. The second kappa shape index (κ2) is 10.5. The van der Waals surface area contributed by atoms with Gasteiger partial charge in [-0.15, -0.1) is 0 Å². The molecule has 0 bridgehead atoms. The molecular formula is C21H26F2N4O4S. The molecule has 2 aromatic rings. The van der Waals surface area contributed by atoms with Crippen molar-refractivity contribution in [2.24, 2.45) is 0 Å². The lowest BCUT2D eigenvalue weighted by Gasteiger charge is -2.32. The van der Waals surface area contributed by atoms with Crippen LogP contribution in [0.5, 0.6) is 0 Å². The zero-order valence-corrected chi connectivity index (χ0v) is 19.1. The summed E-state index contributed by atoms with van der Waals surface area (Å²) in [6.45, 7) is 0.357. The Kier molecular flexibility index (Phi) is 8.28. The highest BCUT2D eigenvalue weighted by Gasteiger charge is 2.33. The van der Waals surface area contributed by atoms with Crippen molar-refractivity contribution in [1.82, 2.24) is 14.5 Å². The number of anilines is 1. The van der Waals surface area contributed by atoms with E-state index in [9.17, 15) is 26.8 Å². The number of carbonyl (C=O) groups is 2. The van der Waals surface area contributed by atoms with Crippen LogP contribution in [-0.4, -0.2) is 63.2 Å². The van der Waals surface area contributed by atoms with Crippen LogP contribution < -0.4 is 9.62 Å². The molecule has 1 atom stereocenters. The Morgan fingerprint density at radius 1 is 1.00 bits per heavy atom. The van der Waals surface area contributed by atoms with Crippen LogP contribution in [0.25, 0.3) is 0 Å². The van der Waals surface area contributed by atoms with Gasteiger partial charge in [-0.25, -0.2) is 13.1 Å². The van der Waals surface area contributed by atoms with Gasteiger partial charge in [-0.05, 0) is 25.1 Å². The highest BCUT2D eigenvalue weighted by atomic mass is 32.2. The molecule has 0 saturated carbocycles. The highest BCUT2D eigenvalue weighted by molar-refractivity contribution is 7.90. The molecule has 0 aliphatic rings. The lowest BCUT2D eigenvalue weighted by Crippen LogP contribution is -2.52. The Morgan fingerprint density at radius 2 is 1.56 bits per heavy atom. The van der Waals surface area contributed by atoms with E-state index in [1.165, 1.54) is 64.5 Å². The average Bonchev–Trinajstić information content (AvgIpc) is 2.76. The van der Waals surface area contributed by atoms with Gasteiger partial charge in [0.1, 0.15) is 24.2 Å². The van der Waals surface area contributed by atoms with Gasteiger partial charge >= 0.3 is 10.2 Å². The Hall–Kier alpha value is -3.05. The summed E-state index contributed by atoms with van der Waals surface area (Å²) < 4.78 is 55.9. The van der Waals surface area contributed by atoms with Gasteiger partial charge in [-0.3, -0.25) is 9.59 Å². The standard InChI is InChI=1S/C21H26F2N4O4S/c1-15(21(29)24-2)26(13-16-9-5-6-10-17(16)22)20(28)14-27(32(30,31)25(3)4)19-12-8-7-11-18(19)23/h5-12,15H,13-14H2,1-4H3,(H,24,29)/t15-/m0/s1. The smallest absolute Gasteiger partial charge is 0.304 e. The van der Waals surface area contributed by atoms with Gasteiger partial charge < -0.3 is 10.2 Å². The molecule has 0 aromatic heterocycles. The molecule has 2 rings (SSSR count). The van der Waals surface area contributed by atoms with Gasteiger partial charge in [0.2, 0.25) is 11.8 Å². The van der Waals surface area contributed by atoms with E-state index in [4.69, 9.17) is 0 Å². The SMILES string of the molecule is CNC(=O)[C@H](C)N(Cc1ccccc1F)C(=O)CN(c1ccccc1F)S(=O)(=O)N(C)C. The first-order chi connectivity index (χ1) is 15.0. The summed E-state index contributed by atoms with van der Waals surface area (Å²) in [5.74, 6) is -2.76. The predicted molar refractivity (Wildman–Crippen MR) is 117 cm³/mol. The third-order valence-electron chi connectivity index (χ3n) is 4.85. The number of nitrogens with zero attached hydrogens (tertiary/aromatic N) is 3. The van der Waals surface area contributed by atoms with Crippen molar-refractivity contribution in [2.45, 2.75) is 19.5 Å². The van der Waals surface area contributed by atoms with E-state index in [1.54, 1.807) is 6.07 Å². The van der Waals surface area contributed by atoms with Crippen molar-refractivity contribution < 1.29 is 26.8 Å². The minimum atomic E-state index is -4.27. The minimum absolute atomic E-state index is 0.143. The van der Waals surface area contributed by atoms with Crippen molar-refractivity contribution in [3.63, 3.8) is 0 Å². The summed E-state index contributed by atoms with van der Waals surface area (Å²) >= 11 is 0. The maximum Gasteiger partial charge on any atom is 0.304 e. The van der Waals surface area contributed by atoms with Crippen LogP contribution in [0.4, 0.5) is 14.5 Å². The fourth-order valence-electron chi connectivity index (χ4n) is 2.96. The molecule has 2 amide bonds. The van der Waals surface area contributed by atoms with E-state index in [1.807, 2.05) is 0 Å². The van der Waals surface area contributed by atoms with Crippen molar-refractivity contribution in [2.75, 3.05) is 32.0 Å². The molecule has 174 valence electrons. The predicted octanol–water partition coefficient (Wildman–Crippen LogP) is 1.74. The molecule has 0 aliphatic heterocycles. The topological polar surface area (TPSA) is 90.0 Å². The number of hydrogen-bond acceptors (Lipinski definition) is 4. The van der Waals surface area contributed by atoms with Gasteiger partial charge in [-0.2, -0.15) is 12.7 Å². The van der Waals surface area contributed by atoms with Crippen molar-refractivity contribution >= 4 is 27.7 Å². The zero-order chi connectivity index (χ0) is 24.1. The monoisotopic (exact) mass is 468 g/mol. The van der Waals surface area contributed by atoms with E-state index in [2.05, 4.69) is 5.32 Å². The zero-order valence-electron chi connectivity index (χ0n) is 18.2. The largest absolute Gasteiger partial charge is 0.357 e. The fourth-order valence-corrected chi connectivity index (χ4v) is 4.02. The molecule has 0 aliphatic carbocycles. The van der Waals surface area contributed by atoms with Gasteiger partial charge in [0.05, 0.1) is 5.69 Å². The molecule has 32 heavy (non-hydrogen) atoms. The van der Waals surface area contributed by atoms with E-state index < -0.39 is 46.2 Å². The Labute approximate surface area is 186 Å². The molecule has 0 fully saturated rings. The quantitative estimate of drug-likeness (QED) is 0.607. The number of halogens is 2. The van der Waals surface area contributed by atoms with Gasteiger partial charge in [0, 0.05) is 33.3 Å². The number of likely N-dealkylation sites (N-methyl/N-ethyl adjacent to an activating group) is 1. The third kappa shape index (κ3) is 5.60. The van der Waals surface area contributed by atoms with Gasteiger partial charge in [0.15, 0.2) is 0 Å². The fraction of sp³-hybridized carbons (Fsp3) is 0.333. The number of rotatable bonds is 9. The number of carbonyl (C=O) groups excluding carboxylic acids is 2. The van der Waals surface area contributed by atoms with E-state index >= 15 is 0 Å². The summed E-state index contributed by atoms with van der Waals surface area (Å²) in [7, 11) is -0.394. The maximum atomic E-state index is 14.5. The molecule has 11 heteroatoms. The Balaban J connectivity index is 2.48. The van der Waals surface area contributed by atoms with Gasteiger partial charge in [-0.1, -0.05) is 30.3 Å². The normalized spacial score (nSPS) is 12.3. The van der Waals surface area contributed by atoms with Crippen LogP contribution in [0.3, 0.4) is 0 Å². The number of amides is 2. The van der Waals surface area contributed by atoms with E-state index in [0.29, 0.717) is 4.31 Å². The first-order valence-corrected chi connectivity index (χ1v) is 11.1. The first-order valence-electron chi connectivity index (χ1n) is 9.69. The molecule has 0 heterocycles. The van der Waals surface area contributed by atoms with Crippen LogP contribution >= 0.6 is 0 Å². The van der Waals surface area contributed by atoms with Crippen molar-refractivity contribution in [1.29, 1.82) is 0 Å². The number of hydrogen-bond donors (Lipinski definition) is 1. The summed E-state index contributed by atoms with van der Waals surface area (Å²) in [5.41, 5.74) is -0.183. The van der Waals surface area contributed by atoms with Crippen molar-refractivity contribution in [3.05, 3.63) is 65.7 Å². The average molecular weight is 469 g/mol. The van der Waals surface area contributed by atoms with Crippen LogP contribution in [-0.2, 0) is 26.3 Å². The first kappa shape index (κ1) is 25.2. The molecular weight excluding hydrogens is 442 g/mol. The maximum absolute atomic E-state index is 14.5. The molecule has 8 nitrogen and oxygen atoms in total. The molecule has 0 unspecified atom stereocenters. The van der Waals surface area contributed by atoms with Crippen molar-refractivity contribution in [3.8, 4) is 0 Å². The van der Waals surface area contributed by atoms with Crippen LogP contribution in [0.15, 0.2) is 48.5 Å². The van der Waals surface area contributed by atoms with E-state index in [-0.39, 0.29) is 17.8 Å². The molecule has 0 saturated heterocycles. The summed E-state index contributed by atoms with van der Waals surface area (Å²) in [6.07, 6.45) is 0. The summed E-state index contributed by atoms with van der Waals surface area (Å²) in [6, 6.07) is 9.81. The minimum Gasteiger partial charge on any atom is -0.357 e. The van der Waals surface area contributed by atoms with Crippen LogP contribution in [0.1, 0.15) is 12.5 Å². The second-order valence-electron chi connectivity index (χ2n) is 7.15. The van der Waals surface area contributed by atoms with Gasteiger partial charge in [0.25, 0.3) is 0 Å². The Bertz CT molecular complexity index is 1080. The van der Waals surface area contributed by atoms with E-state index in [0.717, 1.165) is 15.3 Å². The Morgan fingerprint density at radius 3 is 2.09 bits per heavy atom. The number of para-hydroxylation sites is 1. The second-order valence-corrected chi connectivity index (χ2v) is 9.22. The molecule has 0 spiro atoms. The molecule has 0 radical (unpaired) electrons. The highest BCUT2D eigenvalue weighted by Crippen LogP contribution is 2.24. The lowest BCUT2D eigenvalue weighted by atomic mass is 10.1. The summed E-state index contributed by atoms with van der Waals surface area (Å²) in [4.78, 5) is 26.6. The number of nitrogens with one attached hydrogen (secondary N) is 1. The summed E-state index contributed by atoms with van der Waals surface area (Å²) in [5, 5.41) is 2.42.